The maximum absolute atomic E-state index is 12.8. The van der Waals surface area contributed by atoms with Gasteiger partial charge in [-0.1, -0.05) is 13.8 Å². The van der Waals surface area contributed by atoms with Crippen molar-refractivity contribution in [1.82, 2.24) is 19.8 Å². The van der Waals surface area contributed by atoms with Crippen LogP contribution in [-0.2, 0) is 6.42 Å². The highest BCUT2D eigenvalue weighted by Gasteiger charge is 2.32. The van der Waals surface area contributed by atoms with Crippen LogP contribution < -0.4 is 5.69 Å². The van der Waals surface area contributed by atoms with Crippen molar-refractivity contribution in [3.8, 4) is 0 Å². The van der Waals surface area contributed by atoms with Crippen molar-refractivity contribution >= 4 is 5.91 Å². The van der Waals surface area contributed by atoms with E-state index in [4.69, 9.17) is 0 Å². The van der Waals surface area contributed by atoms with Gasteiger partial charge >= 0.3 is 5.69 Å². The van der Waals surface area contributed by atoms with Crippen molar-refractivity contribution in [1.29, 1.82) is 0 Å². The number of carbonyl (C=O) groups is 1. The van der Waals surface area contributed by atoms with E-state index in [0.717, 1.165) is 12.1 Å². The first-order valence-electron chi connectivity index (χ1n) is 8.95. The van der Waals surface area contributed by atoms with Crippen LogP contribution in [0.15, 0.2) is 10.9 Å². The molecular weight excluding hydrogens is 320 g/mol. The van der Waals surface area contributed by atoms with Crippen LogP contribution in [0.3, 0.4) is 0 Å². The maximum Gasteiger partial charge on any atom is 0.345 e. The highest BCUT2D eigenvalue weighted by Crippen LogP contribution is 2.23. The highest BCUT2D eigenvalue weighted by molar-refractivity contribution is 5.92. The Morgan fingerprint density at radius 3 is 2.76 bits per heavy atom. The zero-order valence-electron chi connectivity index (χ0n) is 15.7. The van der Waals surface area contributed by atoms with Crippen molar-refractivity contribution in [2.75, 3.05) is 33.7 Å². The standard InChI is InChI=1S/C18H30N4O3/c1-13(2)10-14-11-15(20-17(24)19-14)16(23)22-8-5-6-18(25,7-9-22)12-21(3)4/h11,13,25H,5-10,12H2,1-4H3,(H,19,20,24)/t18-/m0/s1. The number of likely N-dealkylation sites (N-methyl/N-ethyl adjacent to an activating group) is 1. The number of aromatic amines is 1. The molecule has 1 aliphatic heterocycles. The Morgan fingerprint density at radius 1 is 1.40 bits per heavy atom. The number of likely N-dealkylation sites (tertiary alicyclic amines) is 1. The first-order chi connectivity index (χ1) is 11.7. The number of hydrogen-bond donors (Lipinski definition) is 2. The topological polar surface area (TPSA) is 89.5 Å². The molecule has 1 aromatic rings. The Hall–Kier alpha value is -1.73. The minimum atomic E-state index is -0.775. The number of aliphatic hydroxyl groups is 1. The summed E-state index contributed by atoms with van der Waals surface area (Å²) in [5.41, 5.74) is -0.335. The van der Waals surface area contributed by atoms with Gasteiger partial charge in [-0.25, -0.2) is 4.79 Å². The third-order valence-electron chi connectivity index (χ3n) is 4.46. The van der Waals surface area contributed by atoms with Gasteiger partial charge in [0.15, 0.2) is 0 Å². The SMILES string of the molecule is CC(C)Cc1cc(C(=O)N2CCC[C@@](O)(CN(C)C)CC2)nc(=O)[nH]1. The number of hydrogen-bond acceptors (Lipinski definition) is 5. The Bertz CT molecular complexity index is 656. The number of rotatable bonds is 5. The fraction of sp³-hybridized carbons (Fsp3) is 0.722. The van der Waals surface area contributed by atoms with E-state index in [9.17, 15) is 14.7 Å². The summed E-state index contributed by atoms with van der Waals surface area (Å²) >= 11 is 0. The van der Waals surface area contributed by atoms with Crippen molar-refractivity contribution in [2.24, 2.45) is 5.92 Å². The molecule has 0 bridgehead atoms. The summed E-state index contributed by atoms with van der Waals surface area (Å²) in [5.74, 6) is 0.144. The van der Waals surface area contributed by atoms with E-state index in [2.05, 4.69) is 23.8 Å². The number of nitrogens with one attached hydrogen (secondary N) is 1. The molecule has 0 aromatic carbocycles. The molecule has 1 fully saturated rings. The minimum Gasteiger partial charge on any atom is -0.388 e. The molecule has 140 valence electrons. The van der Waals surface area contributed by atoms with Gasteiger partial charge in [0.25, 0.3) is 5.91 Å². The molecule has 1 saturated heterocycles. The van der Waals surface area contributed by atoms with E-state index in [-0.39, 0.29) is 11.6 Å². The van der Waals surface area contributed by atoms with Crippen LogP contribution in [0.5, 0.6) is 0 Å². The summed E-state index contributed by atoms with van der Waals surface area (Å²) in [6, 6.07) is 1.68. The smallest absolute Gasteiger partial charge is 0.345 e. The average Bonchev–Trinajstić information content (AvgIpc) is 2.66. The quantitative estimate of drug-likeness (QED) is 0.823. The average molecular weight is 350 g/mol. The molecule has 0 unspecified atom stereocenters. The molecule has 1 amide bonds. The van der Waals surface area contributed by atoms with Gasteiger partial charge in [-0.3, -0.25) is 4.79 Å². The van der Waals surface area contributed by atoms with Gasteiger partial charge in [0.2, 0.25) is 0 Å². The lowest BCUT2D eigenvalue weighted by Gasteiger charge is -2.29. The number of H-pyrrole nitrogens is 1. The van der Waals surface area contributed by atoms with Gasteiger partial charge in [0, 0.05) is 25.3 Å². The van der Waals surface area contributed by atoms with Crippen LogP contribution in [0.1, 0.15) is 49.3 Å². The molecule has 1 atom stereocenters. The lowest BCUT2D eigenvalue weighted by atomic mass is 9.94. The number of amides is 1. The number of nitrogens with zero attached hydrogens (tertiary/aromatic N) is 3. The van der Waals surface area contributed by atoms with Crippen LogP contribution in [0.4, 0.5) is 0 Å². The Kier molecular flexibility index (Phi) is 6.35. The second-order valence-electron chi connectivity index (χ2n) is 7.80. The molecule has 2 rings (SSSR count). The molecule has 7 heteroatoms. The molecule has 2 N–H and O–H groups in total. The molecule has 0 spiro atoms. The maximum atomic E-state index is 12.8. The fourth-order valence-corrected chi connectivity index (χ4v) is 3.46. The summed E-state index contributed by atoms with van der Waals surface area (Å²) in [5, 5.41) is 10.7. The van der Waals surface area contributed by atoms with Gasteiger partial charge < -0.3 is 19.9 Å². The lowest BCUT2D eigenvalue weighted by molar-refractivity contribution is 0.00303. The first kappa shape index (κ1) is 19.6. The van der Waals surface area contributed by atoms with E-state index in [1.165, 1.54) is 0 Å². The third-order valence-corrected chi connectivity index (χ3v) is 4.46. The summed E-state index contributed by atoms with van der Waals surface area (Å²) in [7, 11) is 3.87. The molecule has 0 aliphatic carbocycles. The minimum absolute atomic E-state index is 0.192. The van der Waals surface area contributed by atoms with Crippen LogP contribution >= 0.6 is 0 Å². The van der Waals surface area contributed by atoms with Crippen LogP contribution in [-0.4, -0.2) is 70.1 Å². The van der Waals surface area contributed by atoms with Crippen molar-refractivity contribution in [3.05, 3.63) is 27.9 Å². The molecule has 0 radical (unpaired) electrons. The Morgan fingerprint density at radius 2 is 2.12 bits per heavy atom. The van der Waals surface area contributed by atoms with E-state index >= 15 is 0 Å². The second-order valence-corrected chi connectivity index (χ2v) is 7.80. The number of aromatic nitrogens is 2. The van der Waals surface area contributed by atoms with Gasteiger partial charge in [-0.15, -0.1) is 0 Å². The Balaban J connectivity index is 2.13. The molecule has 0 saturated carbocycles. The van der Waals surface area contributed by atoms with E-state index < -0.39 is 11.3 Å². The van der Waals surface area contributed by atoms with Crippen molar-refractivity contribution in [2.45, 2.75) is 45.1 Å². The van der Waals surface area contributed by atoms with E-state index in [0.29, 0.717) is 44.8 Å². The molecule has 1 aliphatic rings. The van der Waals surface area contributed by atoms with Crippen LogP contribution in [0.25, 0.3) is 0 Å². The normalized spacial score (nSPS) is 21.6. The summed E-state index contributed by atoms with van der Waals surface area (Å²) < 4.78 is 0. The molecule has 7 nitrogen and oxygen atoms in total. The second kappa shape index (κ2) is 8.10. The molecular formula is C18H30N4O3. The molecule has 25 heavy (non-hydrogen) atoms. The summed E-state index contributed by atoms with van der Waals surface area (Å²) in [6.45, 7) is 5.73. The zero-order chi connectivity index (χ0) is 18.6. The summed E-state index contributed by atoms with van der Waals surface area (Å²) in [4.78, 5) is 34.8. The van der Waals surface area contributed by atoms with E-state index in [1.54, 1.807) is 11.0 Å². The highest BCUT2D eigenvalue weighted by atomic mass is 16.3. The van der Waals surface area contributed by atoms with Crippen molar-refractivity contribution in [3.63, 3.8) is 0 Å². The monoisotopic (exact) mass is 350 g/mol. The molecule has 2 heterocycles. The fourth-order valence-electron chi connectivity index (χ4n) is 3.46. The predicted octanol–water partition coefficient (Wildman–Crippen LogP) is 0.887. The third kappa shape index (κ3) is 5.64. The van der Waals surface area contributed by atoms with Gasteiger partial charge in [-0.05, 0) is 51.8 Å². The largest absolute Gasteiger partial charge is 0.388 e. The van der Waals surface area contributed by atoms with Crippen LogP contribution in [0, 0.1) is 5.92 Å². The van der Waals surface area contributed by atoms with E-state index in [1.807, 2.05) is 19.0 Å². The van der Waals surface area contributed by atoms with Gasteiger partial charge in [-0.2, -0.15) is 4.98 Å². The summed E-state index contributed by atoms with van der Waals surface area (Å²) in [6.07, 6.45) is 2.62. The zero-order valence-corrected chi connectivity index (χ0v) is 15.7. The van der Waals surface area contributed by atoms with Crippen molar-refractivity contribution < 1.29 is 9.90 Å². The lowest BCUT2D eigenvalue weighted by Crippen LogP contribution is -2.41. The Labute approximate surface area is 149 Å². The predicted molar refractivity (Wildman–Crippen MR) is 96.7 cm³/mol. The number of carbonyl (C=O) groups excluding carboxylic acids is 1. The first-order valence-corrected chi connectivity index (χ1v) is 8.95. The van der Waals surface area contributed by atoms with Gasteiger partial charge in [0.1, 0.15) is 5.69 Å². The van der Waals surface area contributed by atoms with Gasteiger partial charge in [0.05, 0.1) is 5.60 Å². The molecule has 1 aromatic heterocycles. The van der Waals surface area contributed by atoms with Crippen LogP contribution in [0.2, 0.25) is 0 Å².